The Morgan fingerprint density at radius 3 is 1.93 bits per heavy atom. The fraction of sp³-hybridized carbons (Fsp3) is 0.0682. The summed E-state index contributed by atoms with van der Waals surface area (Å²) in [7, 11) is 0. The van der Waals surface area contributed by atoms with Crippen molar-refractivity contribution < 1.29 is 0 Å². The smallest absolute Gasteiger partial charge is 0.0759 e. The number of fused-ring (bicyclic) bond motifs is 7. The third-order valence-electron chi connectivity index (χ3n) is 9.81. The summed E-state index contributed by atoms with van der Waals surface area (Å²) in [5.41, 5.74) is 13.3. The Labute approximate surface area is 263 Å². The van der Waals surface area contributed by atoms with Gasteiger partial charge in [0.25, 0.3) is 0 Å². The van der Waals surface area contributed by atoms with Gasteiger partial charge in [0.2, 0.25) is 0 Å². The zero-order valence-electron chi connectivity index (χ0n) is 25.4. The number of rotatable bonds is 3. The summed E-state index contributed by atoms with van der Waals surface area (Å²) in [5, 5.41) is 6.25. The molecule has 1 heterocycles. The molecule has 0 spiro atoms. The molecule has 9 rings (SSSR count). The van der Waals surface area contributed by atoms with Crippen LogP contribution in [0.15, 0.2) is 152 Å². The summed E-state index contributed by atoms with van der Waals surface area (Å²) < 4.78 is 0. The van der Waals surface area contributed by atoms with E-state index in [0.29, 0.717) is 0 Å². The standard InChI is InChI=1S/C44H31N/c1-44(2)38-17-8-7-16-37(38)43-42(44)40(41-36-15-6-5-11-30(36)24-25-39(41)45-43)31-21-18-29(19-22-31)33-13-9-14-34(26-33)35-23-20-28-10-3-4-12-32(28)27-35/h3-27H,1-2H3. The van der Waals surface area contributed by atoms with Gasteiger partial charge in [-0.2, -0.15) is 0 Å². The van der Waals surface area contributed by atoms with E-state index in [1.807, 2.05) is 0 Å². The van der Waals surface area contributed by atoms with E-state index in [1.165, 1.54) is 77.0 Å². The van der Waals surface area contributed by atoms with Gasteiger partial charge >= 0.3 is 0 Å². The fourth-order valence-electron chi connectivity index (χ4n) is 7.57. The van der Waals surface area contributed by atoms with E-state index in [-0.39, 0.29) is 5.41 Å². The molecular formula is C44H31N. The first-order chi connectivity index (χ1) is 22.1. The highest BCUT2D eigenvalue weighted by Crippen LogP contribution is 2.54. The van der Waals surface area contributed by atoms with E-state index >= 15 is 0 Å². The normalized spacial score (nSPS) is 13.3. The summed E-state index contributed by atoms with van der Waals surface area (Å²) in [6, 6.07) is 55.3. The fourth-order valence-corrected chi connectivity index (χ4v) is 7.57. The van der Waals surface area contributed by atoms with Gasteiger partial charge in [-0.25, -0.2) is 4.98 Å². The zero-order chi connectivity index (χ0) is 30.1. The van der Waals surface area contributed by atoms with E-state index in [9.17, 15) is 0 Å². The molecule has 0 fully saturated rings. The second kappa shape index (κ2) is 9.74. The van der Waals surface area contributed by atoms with Crippen LogP contribution in [0.2, 0.25) is 0 Å². The Bertz CT molecular complexity index is 2450. The van der Waals surface area contributed by atoms with Crippen LogP contribution in [-0.2, 0) is 5.41 Å². The quantitative estimate of drug-likeness (QED) is 0.192. The molecule has 0 saturated heterocycles. The summed E-state index contributed by atoms with van der Waals surface area (Å²) in [4.78, 5) is 5.35. The van der Waals surface area contributed by atoms with Crippen LogP contribution < -0.4 is 0 Å². The minimum Gasteiger partial charge on any atom is -0.247 e. The first kappa shape index (κ1) is 25.9. The number of pyridine rings is 1. The Morgan fingerprint density at radius 1 is 0.467 bits per heavy atom. The van der Waals surface area contributed by atoms with Crippen molar-refractivity contribution in [2.75, 3.05) is 0 Å². The molecule has 45 heavy (non-hydrogen) atoms. The summed E-state index contributed by atoms with van der Waals surface area (Å²) in [6.07, 6.45) is 0. The minimum atomic E-state index is -0.174. The minimum absolute atomic E-state index is 0.174. The highest BCUT2D eigenvalue weighted by atomic mass is 14.7. The molecule has 1 aliphatic rings. The van der Waals surface area contributed by atoms with Gasteiger partial charge in [0, 0.05) is 16.4 Å². The van der Waals surface area contributed by atoms with Crippen LogP contribution in [0.3, 0.4) is 0 Å². The van der Waals surface area contributed by atoms with E-state index in [2.05, 4.69) is 166 Å². The first-order valence-corrected chi connectivity index (χ1v) is 15.7. The van der Waals surface area contributed by atoms with Crippen LogP contribution in [0.5, 0.6) is 0 Å². The van der Waals surface area contributed by atoms with Gasteiger partial charge in [0.1, 0.15) is 0 Å². The highest BCUT2D eigenvalue weighted by molar-refractivity contribution is 6.15. The number of hydrogen-bond acceptors (Lipinski definition) is 1. The topological polar surface area (TPSA) is 12.9 Å². The lowest BCUT2D eigenvalue weighted by atomic mass is 9.78. The first-order valence-electron chi connectivity index (χ1n) is 15.7. The molecule has 0 unspecified atom stereocenters. The van der Waals surface area contributed by atoms with E-state index in [1.54, 1.807) is 0 Å². The molecule has 212 valence electrons. The molecule has 0 bridgehead atoms. The molecule has 0 saturated carbocycles. The van der Waals surface area contributed by atoms with Crippen molar-refractivity contribution in [3.8, 4) is 44.6 Å². The summed E-state index contributed by atoms with van der Waals surface area (Å²) in [5.74, 6) is 0. The van der Waals surface area contributed by atoms with Crippen molar-refractivity contribution in [2.45, 2.75) is 19.3 Å². The van der Waals surface area contributed by atoms with Gasteiger partial charge in [-0.05, 0) is 84.3 Å². The molecule has 1 heteroatoms. The Morgan fingerprint density at radius 2 is 1.09 bits per heavy atom. The lowest BCUT2D eigenvalue weighted by Crippen LogP contribution is -2.16. The van der Waals surface area contributed by atoms with Crippen LogP contribution in [-0.4, -0.2) is 4.98 Å². The van der Waals surface area contributed by atoms with Gasteiger partial charge in [-0.15, -0.1) is 0 Å². The van der Waals surface area contributed by atoms with Gasteiger partial charge in [0.15, 0.2) is 0 Å². The Balaban J connectivity index is 1.22. The van der Waals surface area contributed by atoms with Crippen LogP contribution in [0.4, 0.5) is 0 Å². The molecule has 1 aliphatic carbocycles. The monoisotopic (exact) mass is 573 g/mol. The van der Waals surface area contributed by atoms with E-state index < -0.39 is 0 Å². The average molecular weight is 574 g/mol. The predicted molar refractivity (Wildman–Crippen MR) is 191 cm³/mol. The lowest BCUT2D eigenvalue weighted by Gasteiger charge is -2.25. The van der Waals surface area contributed by atoms with Crippen LogP contribution >= 0.6 is 0 Å². The number of hydrogen-bond donors (Lipinski definition) is 0. The van der Waals surface area contributed by atoms with Gasteiger partial charge < -0.3 is 0 Å². The third-order valence-corrected chi connectivity index (χ3v) is 9.81. The van der Waals surface area contributed by atoms with Crippen LogP contribution in [0.1, 0.15) is 25.0 Å². The van der Waals surface area contributed by atoms with Crippen molar-refractivity contribution >= 4 is 32.4 Å². The molecular weight excluding hydrogens is 542 g/mol. The van der Waals surface area contributed by atoms with E-state index in [0.717, 1.165) is 11.2 Å². The second-order valence-electron chi connectivity index (χ2n) is 12.8. The average Bonchev–Trinajstić information content (AvgIpc) is 3.33. The summed E-state index contributed by atoms with van der Waals surface area (Å²) >= 11 is 0. The lowest BCUT2D eigenvalue weighted by molar-refractivity contribution is 0.662. The van der Waals surface area contributed by atoms with Gasteiger partial charge in [-0.1, -0.05) is 147 Å². The molecule has 0 amide bonds. The van der Waals surface area contributed by atoms with Crippen molar-refractivity contribution in [3.63, 3.8) is 0 Å². The molecule has 0 atom stereocenters. The van der Waals surface area contributed by atoms with Crippen LogP contribution in [0, 0.1) is 0 Å². The third kappa shape index (κ3) is 3.97. The SMILES string of the molecule is CC1(C)c2ccccc2-c2nc3ccc4ccccc4c3c(-c3ccc(-c4cccc(-c5ccc6ccccc6c5)c4)cc3)c21. The van der Waals surface area contributed by atoms with Gasteiger partial charge in [0.05, 0.1) is 11.2 Å². The Hall–Kier alpha value is -5.53. The van der Waals surface area contributed by atoms with Gasteiger partial charge in [-0.3, -0.25) is 0 Å². The maximum atomic E-state index is 5.35. The number of aromatic nitrogens is 1. The molecule has 0 N–H and O–H groups in total. The summed E-state index contributed by atoms with van der Waals surface area (Å²) in [6.45, 7) is 4.71. The van der Waals surface area contributed by atoms with Crippen molar-refractivity contribution in [1.82, 2.24) is 4.98 Å². The zero-order valence-corrected chi connectivity index (χ0v) is 25.4. The molecule has 1 aromatic heterocycles. The van der Waals surface area contributed by atoms with Crippen molar-refractivity contribution in [2.24, 2.45) is 0 Å². The van der Waals surface area contributed by atoms with Crippen molar-refractivity contribution in [1.29, 1.82) is 0 Å². The van der Waals surface area contributed by atoms with Crippen LogP contribution in [0.25, 0.3) is 77.1 Å². The molecule has 8 aromatic rings. The molecule has 0 radical (unpaired) electrons. The molecule has 0 aliphatic heterocycles. The van der Waals surface area contributed by atoms with E-state index in [4.69, 9.17) is 4.98 Å². The maximum absolute atomic E-state index is 5.35. The molecule has 7 aromatic carbocycles. The molecule has 1 nitrogen and oxygen atoms in total. The number of nitrogens with zero attached hydrogens (tertiary/aromatic N) is 1. The largest absolute Gasteiger partial charge is 0.247 e. The highest BCUT2D eigenvalue weighted by Gasteiger charge is 2.39. The Kier molecular flexibility index (Phi) is 5.61. The predicted octanol–water partition coefficient (Wildman–Crippen LogP) is 11.8. The number of benzene rings is 7. The van der Waals surface area contributed by atoms with Crippen molar-refractivity contribution in [3.05, 3.63) is 163 Å². The maximum Gasteiger partial charge on any atom is 0.0759 e. The second-order valence-corrected chi connectivity index (χ2v) is 12.8.